The highest BCUT2D eigenvalue weighted by Gasteiger charge is 2.20. The zero-order valence-electron chi connectivity index (χ0n) is 15.0. The van der Waals surface area contributed by atoms with Gasteiger partial charge in [-0.3, -0.25) is 10.2 Å². The van der Waals surface area contributed by atoms with Gasteiger partial charge in [-0.2, -0.15) is 5.10 Å². The van der Waals surface area contributed by atoms with Crippen LogP contribution in [0.5, 0.6) is 0 Å². The summed E-state index contributed by atoms with van der Waals surface area (Å²) in [6.07, 6.45) is 1.44. The number of aliphatic carboxylic acids is 1. The molecule has 2 rings (SSSR count). The number of benzene rings is 2. The lowest BCUT2D eigenvalue weighted by Gasteiger charge is -2.16. The quantitative estimate of drug-likeness (QED) is 0.493. The first-order valence-electron chi connectivity index (χ1n) is 8.21. The van der Waals surface area contributed by atoms with Gasteiger partial charge in [0.1, 0.15) is 5.71 Å². The number of hydrogen-bond donors (Lipinski definition) is 1. The van der Waals surface area contributed by atoms with Gasteiger partial charge in [0.05, 0.1) is 11.7 Å². The first-order valence-corrected chi connectivity index (χ1v) is 8.21. The lowest BCUT2D eigenvalue weighted by atomic mass is 9.90. The molecule has 0 aliphatic rings. The number of nitrogens with zero attached hydrogens (tertiary/aromatic N) is 1. The molecule has 2 aromatic carbocycles. The molecule has 0 bridgehead atoms. The van der Waals surface area contributed by atoms with Crippen molar-refractivity contribution in [2.45, 2.75) is 20.8 Å². The van der Waals surface area contributed by atoms with Gasteiger partial charge < -0.3 is 9.90 Å². The summed E-state index contributed by atoms with van der Waals surface area (Å²) in [6, 6.07) is 17.6. The fraction of sp³-hybridized carbons (Fsp3) is 0.190. The number of hydrazone groups is 1. The molecule has 26 heavy (non-hydrogen) atoms. The summed E-state index contributed by atoms with van der Waals surface area (Å²) in [6.45, 7) is 5.44. The molecule has 0 saturated carbocycles. The van der Waals surface area contributed by atoms with Crippen LogP contribution in [0.1, 0.15) is 31.9 Å². The van der Waals surface area contributed by atoms with Crippen molar-refractivity contribution >= 4 is 23.2 Å². The first kappa shape index (κ1) is 19.1. The Labute approximate surface area is 153 Å². The van der Waals surface area contributed by atoms with Gasteiger partial charge >= 0.3 is 0 Å². The molecule has 0 spiro atoms. The predicted octanol–water partition coefficient (Wildman–Crippen LogP) is 2.39. The molecule has 0 aliphatic heterocycles. The second kappa shape index (κ2) is 8.25. The van der Waals surface area contributed by atoms with Crippen LogP contribution in [0.2, 0.25) is 0 Å². The SMILES string of the molecule is CC(C)(C)C(=O)/C=C(/N/N=C(/C(=O)[O-])c1ccccc1)c1ccccc1. The minimum Gasteiger partial charge on any atom is -0.543 e. The number of nitrogens with one attached hydrogen (secondary N) is 1. The molecular weight excluding hydrogens is 328 g/mol. The van der Waals surface area contributed by atoms with E-state index < -0.39 is 11.4 Å². The second-order valence-corrected chi connectivity index (χ2v) is 6.76. The molecule has 0 saturated heterocycles. The third-order valence-electron chi connectivity index (χ3n) is 3.63. The molecule has 5 nitrogen and oxygen atoms in total. The maximum absolute atomic E-state index is 12.4. The van der Waals surface area contributed by atoms with Crippen molar-refractivity contribution in [3.05, 3.63) is 77.9 Å². The summed E-state index contributed by atoms with van der Waals surface area (Å²) >= 11 is 0. The van der Waals surface area contributed by atoms with Crippen LogP contribution < -0.4 is 10.5 Å². The molecule has 0 fully saturated rings. The maximum atomic E-state index is 12.4. The molecule has 5 heteroatoms. The van der Waals surface area contributed by atoms with Crippen LogP contribution in [0.4, 0.5) is 0 Å². The number of carboxylic acid groups (broad SMARTS) is 1. The molecule has 0 amide bonds. The van der Waals surface area contributed by atoms with Crippen molar-refractivity contribution in [1.82, 2.24) is 5.43 Å². The van der Waals surface area contributed by atoms with E-state index in [1.165, 1.54) is 6.08 Å². The Kier molecular flexibility index (Phi) is 6.07. The lowest BCUT2D eigenvalue weighted by Crippen LogP contribution is -2.33. The van der Waals surface area contributed by atoms with Gasteiger partial charge in [0.15, 0.2) is 5.78 Å². The summed E-state index contributed by atoms with van der Waals surface area (Å²) in [5.41, 5.74) is 3.47. The highest BCUT2D eigenvalue weighted by molar-refractivity contribution is 6.41. The van der Waals surface area contributed by atoms with Crippen molar-refractivity contribution in [2.24, 2.45) is 10.5 Å². The van der Waals surface area contributed by atoms with Crippen LogP contribution in [0.25, 0.3) is 5.70 Å². The summed E-state index contributed by atoms with van der Waals surface area (Å²) in [5, 5.41) is 15.5. The Balaban J connectivity index is 2.42. The maximum Gasteiger partial charge on any atom is 0.163 e. The number of carboxylic acids is 1. The zero-order valence-corrected chi connectivity index (χ0v) is 15.0. The average molecular weight is 349 g/mol. The highest BCUT2D eigenvalue weighted by atomic mass is 16.4. The third kappa shape index (κ3) is 5.14. The molecule has 0 unspecified atom stereocenters. The standard InChI is InChI=1S/C21H22N2O3/c1-21(2,3)18(24)14-17(15-10-6-4-7-11-15)22-23-19(20(25)26)16-12-8-5-9-13-16/h4-14,22H,1-3H3,(H,25,26)/p-1/b17-14+,23-19+. The van der Waals surface area contributed by atoms with Crippen LogP contribution in [0, 0.1) is 5.41 Å². The van der Waals surface area contributed by atoms with E-state index in [-0.39, 0.29) is 11.5 Å². The number of ketones is 1. The van der Waals surface area contributed by atoms with Crippen molar-refractivity contribution in [2.75, 3.05) is 0 Å². The molecule has 0 aromatic heterocycles. The lowest BCUT2D eigenvalue weighted by molar-refractivity contribution is -0.294. The first-order chi connectivity index (χ1) is 12.3. The Morgan fingerprint density at radius 3 is 1.88 bits per heavy atom. The summed E-state index contributed by atoms with van der Waals surface area (Å²) in [7, 11) is 0. The predicted molar refractivity (Wildman–Crippen MR) is 100 cm³/mol. The van der Waals surface area contributed by atoms with Crippen molar-refractivity contribution in [3.63, 3.8) is 0 Å². The molecule has 0 aliphatic carbocycles. The molecule has 0 radical (unpaired) electrons. The van der Waals surface area contributed by atoms with Gasteiger partial charge in [0.2, 0.25) is 0 Å². The van der Waals surface area contributed by atoms with Crippen LogP contribution in [-0.4, -0.2) is 17.5 Å². The van der Waals surface area contributed by atoms with E-state index in [1.807, 2.05) is 51.1 Å². The molecule has 0 heterocycles. The van der Waals surface area contributed by atoms with Crippen LogP contribution in [-0.2, 0) is 9.59 Å². The zero-order chi connectivity index (χ0) is 19.2. The second-order valence-electron chi connectivity index (χ2n) is 6.76. The Morgan fingerprint density at radius 1 is 0.923 bits per heavy atom. The minimum absolute atomic E-state index is 0.103. The van der Waals surface area contributed by atoms with Crippen LogP contribution in [0.15, 0.2) is 71.8 Å². The number of carbonyl (C=O) groups excluding carboxylic acids is 2. The van der Waals surface area contributed by atoms with E-state index in [9.17, 15) is 14.7 Å². The van der Waals surface area contributed by atoms with E-state index in [2.05, 4.69) is 10.5 Å². The fourth-order valence-corrected chi connectivity index (χ4v) is 2.09. The third-order valence-corrected chi connectivity index (χ3v) is 3.63. The van der Waals surface area contributed by atoms with Crippen molar-refractivity contribution < 1.29 is 14.7 Å². The van der Waals surface area contributed by atoms with E-state index in [0.29, 0.717) is 11.3 Å². The summed E-state index contributed by atoms with van der Waals surface area (Å²) in [5.74, 6) is -1.51. The number of carbonyl (C=O) groups is 2. The normalized spacial score (nSPS) is 12.6. The van der Waals surface area contributed by atoms with E-state index in [4.69, 9.17) is 0 Å². The molecular formula is C21H21N2O3-. The summed E-state index contributed by atoms with van der Waals surface area (Å²) < 4.78 is 0. The average Bonchev–Trinajstić information content (AvgIpc) is 2.61. The van der Waals surface area contributed by atoms with Gasteiger partial charge in [0.25, 0.3) is 0 Å². The van der Waals surface area contributed by atoms with Gasteiger partial charge in [-0.25, -0.2) is 0 Å². The fourth-order valence-electron chi connectivity index (χ4n) is 2.09. The molecule has 1 N–H and O–H groups in total. The molecule has 0 atom stereocenters. The molecule has 2 aromatic rings. The molecule has 134 valence electrons. The van der Waals surface area contributed by atoms with E-state index in [0.717, 1.165) is 5.56 Å². The Morgan fingerprint density at radius 2 is 1.42 bits per heavy atom. The smallest absolute Gasteiger partial charge is 0.163 e. The van der Waals surface area contributed by atoms with Crippen molar-refractivity contribution in [1.29, 1.82) is 0 Å². The van der Waals surface area contributed by atoms with Crippen LogP contribution in [0.3, 0.4) is 0 Å². The highest BCUT2D eigenvalue weighted by Crippen LogP contribution is 2.19. The monoisotopic (exact) mass is 349 g/mol. The minimum atomic E-state index is -1.40. The number of rotatable bonds is 6. The Hall–Kier alpha value is -3.21. The van der Waals surface area contributed by atoms with E-state index >= 15 is 0 Å². The van der Waals surface area contributed by atoms with Gasteiger partial charge in [-0.1, -0.05) is 81.4 Å². The topological polar surface area (TPSA) is 81.6 Å². The Bertz CT molecular complexity index is 833. The largest absolute Gasteiger partial charge is 0.543 e. The van der Waals surface area contributed by atoms with Gasteiger partial charge in [-0.05, 0) is 5.56 Å². The number of allylic oxidation sites excluding steroid dienone is 1. The van der Waals surface area contributed by atoms with Gasteiger partial charge in [0, 0.05) is 17.1 Å². The van der Waals surface area contributed by atoms with Gasteiger partial charge in [-0.15, -0.1) is 0 Å². The summed E-state index contributed by atoms with van der Waals surface area (Å²) in [4.78, 5) is 23.9. The number of hydrogen-bond acceptors (Lipinski definition) is 5. The van der Waals surface area contributed by atoms with E-state index in [1.54, 1.807) is 30.3 Å². The van der Waals surface area contributed by atoms with Crippen LogP contribution >= 0.6 is 0 Å². The van der Waals surface area contributed by atoms with Crippen molar-refractivity contribution in [3.8, 4) is 0 Å².